The number of nitrogens with one attached hydrogen (secondary N) is 2. The molecule has 0 aliphatic heterocycles. The van der Waals surface area contributed by atoms with E-state index in [9.17, 15) is 19.2 Å². The summed E-state index contributed by atoms with van der Waals surface area (Å²) in [5.74, 6) is -4.42. The molecule has 0 spiro atoms. The average molecular weight is 359 g/mol. The molecule has 0 aromatic rings. The van der Waals surface area contributed by atoms with Crippen molar-refractivity contribution in [3.63, 3.8) is 0 Å². The fourth-order valence-electron chi connectivity index (χ4n) is 2.10. The third-order valence-corrected chi connectivity index (χ3v) is 4.35. The zero-order valence-corrected chi connectivity index (χ0v) is 15.1. The Kier molecular flexibility index (Phi) is 9.73. The summed E-state index contributed by atoms with van der Waals surface area (Å²) in [6.07, 6.45) is 0.483. The Bertz CT molecular complexity index is 496. The first-order valence-electron chi connectivity index (χ1n) is 8.35. The van der Waals surface area contributed by atoms with Gasteiger partial charge in [0.2, 0.25) is 11.8 Å². The molecule has 0 aromatic carbocycles. The highest BCUT2D eigenvalue weighted by atomic mass is 16.4. The number of nitrogens with two attached hydrogens (primary N) is 1. The van der Waals surface area contributed by atoms with Crippen LogP contribution in [-0.2, 0) is 19.2 Å². The van der Waals surface area contributed by atoms with Crippen LogP contribution in [0.5, 0.6) is 0 Å². The molecule has 0 saturated carbocycles. The molecule has 9 nitrogen and oxygen atoms in total. The second kappa shape index (κ2) is 10.7. The van der Waals surface area contributed by atoms with E-state index < -0.39 is 48.3 Å². The second-order valence-corrected chi connectivity index (χ2v) is 6.28. The standard InChI is InChI=1S/C16H29N3O6/c1-5-8(3)12(17)14(22)19-13(9(4)6-2)15(23)18-10(16(24)25)7-11(20)21/h8-10,12-13H,5-7,17H2,1-4H3,(H,18,23)(H,19,22)(H,20,21)(H,24,25)/t8-,9-,10-,12-,13-/m0/s1. The summed E-state index contributed by atoms with van der Waals surface area (Å²) in [7, 11) is 0. The second-order valence-electron chi connectivity index (χ2n) is 6.28. The fourth-order valence-corrected chi connectivity index (χ4v) is 2.10. The van der Waals surface area contributed by atoms with Crippen LogP contribution in [0, 0.1) is 11.8 Å². The van der Waals surface area contributed by atoms with Gasteiger partial charge in [0.15, 0.2) is 0 Å². The van der Waals surface area contributed by atoms with Crippen LogP contribution < -0.4 is 16.4 Å². The molecule has 0 rings (SSSR count). The first kappa shape index (κ1) is 22.8. The summed E-state index contributed by atoms with van der Waals surface area (Å²) in [5.41, 5.74) is 5.86. The molecule has 0 bridgehead atoms. The maximum Gasteiger partial charge on any atom is 0.326 e. The van der Waals surface area contributed by atoms with Crippen LogP contribution in [0.1, 0.15) is 47.0 Å². The smallest absolute Gasteiger partial charge is 0.326 e. The number of aliphatic carboxylic acids is 2. The summed E-state index contributed by atoms with van der Waals surface area (Å²) in [4.78, 5) is 46.5. The minimum atomic E-state index is -1.57. The number of carboxylic acids is 2. The number of carboxylic acid groups (broad SMARTS) is 2. The van der Waals surface area contributed by atoms with Gasteiger partial charge in [0.25, 0.3) is 0 Å². The Labute approximate surface area is 147 Å². The molecular formula is C16H29N3O6. The topological polar surface area (TPSA) is 159 Å². The number of carbonyl (C=O) groups excluding carboxylic acids is 2. The lowest BCUT2D eigenvalue weighted by atomic mass is 9.95. The van der Waals surface area contributed by atoms with Gasteiger partial charge in [0, 0.05) is 0 Å². The van der Waals surface area contributed by atoms with Crippen molar-refractivity contribution in [2.45, 2.75) is 65.1 Å². The third kappa shape index (κ3) is 7.51. The van der Waals surface area contributed by atoms with Crippen molar-refractivity contribution in [1.29, 1.82) is 0 Å². The maximum absolute atomic E-state index is 12.4. The molecular weight excluding hydrogens is 330 g/mol. The van der Waals surface area contributed by atoms with Crippen molar-refractivity contribution in [2.24, 2.45) is 17.6 Å². The van der Waals surface area contributed by atoms with E-state index in [0.717, 1.165) is 0 Å². The highest BCUT2D eigenvalue weighted by Gasteiger charge is 2.32. The number of rotatable bonds is 11. The molecule has 2 amide bonds. The highest BCUT2D eigenvalue weighted by molar-refractivity contribution is 5.93. The predicted molar refractivity (Wildman–Crippen MR) is 90.6 cm³/mol. The van der Waals surface area contributed by atoms with E-state index in [0.29, 0.717) is 12.8 Å². The van der Waals surface area contributed by atoms with Crippen LogP contribution in [0.2, 0.25) is 0 Å². The van der Waals surface area contributed by atoms with E-state index in [1.807, 2.05) is 20.8 Å². The fraction of sp³-hybridized carbons (Fsp3) is 0.750. The lowest BCUT2D eigenvalue weighted by Gasteiger charge is -2.27. The molecule has 0 radical (unpaired) electrons. The van der Waals surface area contributed by atoms with Gasteiger partial charge in [-0.1, -0.05) is 40.5 Å². The average Bonchev–Trinajstić information content (AvgIpc) is 2.55. The predicted octanol–water partition coefficient (Wildman–Crippen LogP) is -0.0652. The van der Waals surface area contributed by atoms with Crippen molar-refractivity contribution in [1.82, 2.24) is 10.6 Å². The molecule has 144 valence electrons. The minimum Gasteiger partial charge on any atom is -0.481 e. The van der Waals surface area contributed by atoms with E-state index in [2.05, 4.69) is 10.6 Å². The van der Waals surface area contributed by atoms with Gasteiger partial charge >= 0.3 is 11.9 Å². The van der Waals surface area contributed by atoms with Gasteiger partial charge in [-0.2, -0.15) is 0 Å². The summed E-state index contributed by atoms with van der Waals surface area (Å²) >= 11 is 0. The Balaban J connectivity index is 5.19. The van der Waals surface area contributed by atoms with Crippen molar-refractivity contribution >= 4 is 23.8 Å². The molecule has 6 N–H and O–H groups in total. The van der Waals surface area contributed by atoms with Gasteiger partial charge < -0.3 is 26.6 Å². The Morgan fingerprint density at radius 2 is 1.44 bits per heavy atom. The first-order chi connectivity index (χ1) is 11.5. The van der Waals surface area contributed by atoms with Gasteiger partial charge in [-0.3, -0.25) is 14.4 Å². The molecule has 9 heteroatoms. The van der Waals surface area contributed by atoms with Crippen LogP contribution >= 0.6 is 0 Å². The number of carbonyl (C=O) groups is 4. The zero-order valence-electron chi connectivity index (χ0n) is 15.1. The van der Waals surface area contributed by atoms with Gasteiger partial charge in [-0.15, -0.1) is 0 Å². The minimum absolute atomic E-state index is 0.0839. The van der Waals surface area contributed by atoms with E-state index in [1.54, 1.807) is 6.92 Å². The largest absolute Gasteiger partial charge is 0.481 e. The van der Waals surface area contributed by atoms with E-state index >= 15 is 0 Å². The van der Waals surface area contributed by atoms with Crippen LogP contribution in [0.4, 0.5) is 0 Å². The summed E-state index contributed by atoms with van der Waals surface area (Å²) in [6.45, 7) is 7.25. The van der Waals surface area contributed by atoms with Gasteiger partial charge in [0.05, 0.1) is 12.5 Å². The monoisotopic (exact) mass is 359 g/mol. The van der Waals surface area contributed by atoms with Crippen molar-refractivity contribution in [3.8, 4) is 0 Å². The highest BCUT2D eigenvalue weighted by Crippen LogP contribution is 2.11. The van der Waals surface area contributed by atoms with Crippen molar-refractivity contribution < 1.29 is 29.4 Å². The number of hydrogen-bond donors (Lipinski definition) is 5. The Hall–Kier alpha value is -2.16. The van der Waals surface area contributed by atoms with Gasteiger partial charge in [-0.25, -0.2) is 4.79 Å². The molecule has 0 aliphatic carbocycles. The molecule has 5 atom stereocenters. The maximum atomic E-state index is 12.4. The number of amides is 2. The molecule has 0 heterocycles. The molecule has 25 heavy (non-hydrogen) atoms. The Morgan fingerprint density at radius 3 is 1.84 bits per heavy atom. The van der Waals surface area contributed by atoms with E-state index in [4.69, 9.17) is 15.9 Å². The lowest BCUT2D eigenvalue weighted by molar-refractivity contribution is -0.147. The summed E-state index contributed by atoms with van der Waals surface area (Å²) in [6, 6.07) is -3.36. The van der Waals surface area contributed by atoms with Crippen LogP contribution in [0.15, 0.2) is 0 Å². The molecule has 0 saturated heterocycles. The normalized spacial score (nSPS) is 16.8. The third-order valence-electron chi connectivity index (χ3n) is 4.35. The van der Waals surface area contributed by atoms with Crippen LogP contribution in [0.25, 0.3) is 0 Å². The molecule has 0 aromatic heterocycles. The first-order valence-corrected chi connectivity index (χ1v) is 8.35. The van der Waals surface area contributed by atoms with Crippen molar-refractivity contribution in [2.75, 3.05) is 0 Å². The van der Waals surface area contributed by atoms with E-state index in [-0.39, 0.29) is 11.8 Å². The quantitative estimate of drug-likeness (QED) is 0.345. The van der Waals surface area contributed by atoms with Crippen LogP contribution in [-0.4, -0.2) is 52.1 Å². The van der Waals surface area contributed by atoms with Crippen molar-refractivity contribution in [3.05, 3.63) is 0 Å². The zero-order chi connectivity index (χ0) is 19.7. The molecule has 0 fully saturated rings. The SMILES string of the molecule is CC[C@H](C)[C@H](N)C(=O)N[C@H](C(=O)N[C@@H](CC(=O)O)C(=O)O)[C@@H](C)CC. The number of hydrogen-bond acceptors (Lipinski definition) is 5. The van der Waals surface area contributed by atoms with Gasteiger partial charge in [-0.05, 0) is 11.8 Å². The van der Waals surface area contributed by atoms with Crippen LogP contribution in [0.3, 0.4) is 0 Å². The summed E-state index contributed by atoms with van der Waals surface area (Å²) < 4.78 is 0. The molecule has 0 aliphatic rings. The van der Waals surface area contributed by atoms with Gasteiger partial charge in [0.1, 0.15) is 12.1 Å². The Morgan fingerprint density at radius 1 is 0.920 bits per heavy atom. The lowest BCUT2D eigenvalue weighted by Crippen LogP contribution is -2.57. The van der Waals surface area contributed by atoms with E-state index in [1.165, 1.54) is 0 Å². The summed E-state index contributed by atoms with van der Waals surface area (Å²) in [5, 5.41) is 22.5. The molecule has 0 unspecified atom stereocenters.